The van der Waals surface area contributed by atoms with Gasteiger partial charge in [-0.05, 0) is 40.9 Å². The maximum Gasteiger partial charge on any atom is 0.387 e. The molecule has 0 aliphatic carbocycles. The predicted molar refractivity (Wildman–Crippen MR) is 93.8 cm³/mol. The summed E-state index contributed by atoms with van der Waals surface area (Å²) in [6.07, 6.45) is 0. The maximum atomic E-state index is 12.5. The quantitative estimate of drug-likeness (QED) is 0.591. The van der Waals surface area contributed by atoms with Gasteiger partial charge in [0, 0.05) is 31.2 Å². The van der Waals surface area contributed by atoms with Crippen LogP contribution in [0, 0.1) is 6.92 Å². The van der Waals surface area contributed by atoms with Crippen LogP contribution in [0.25, 0.3) is 0 Å². The lowest BCUT2D eigenvalue weighted by atomic mass is 10.0. The van der Waals surface area contributed by atoms with Crippen LogP contribution in [-0.4, -0.2) is 50.7 Å². The van der Waals surface area contributed by atoms with Gasteiger partial charge in [0.25, 0.3) is 0 Å². The summed E-state index contributed by atoms with van der Waals surface area (Å²) >= 11 is 0. The van der Waals surface area contributed by atoms with Gasteiger partial charge in [-0.3, -0.25) is 4.99 Å². The van der Waals surface area contributed by atoms with E-state index in [1.54, 1.807) is 19.2 Å². The number of halogens is 2. The van der Waals surface area contributed by atoms with E-state index in [9.17, 15) is 8.78 Å². The molecule has 0 amide bonds. The molecule has 0 heterocycles. The van der Waals surface area contributed by atoms with E-state index in [0.717, 1.165) is 5.56 Å². The Balaban J connectivity index is 2.71. The zero-order chi connectivity index (χ0) is 18.3. The number of benzene rings is 1. The Bertz CT molecular complexity index is 560. The minimum absolute atomic E-state index is 0.0507. The lowest BCUT2D eigenvalue weighted by Gasteiger charge is -2.33. The summed E-state index contributed by atoms with van der Waals surface area (Å²) in [6.45, 7) is 4.32. The molecule has 0 bridgehead atoms. The van der Waals surface area contributed by atoms with Crippen molar-refractivity contribution in [2.75, 3.05) is 27.7 Å². The predicted octanol–water partition coefficient (Wildman–Crippen LogP) is 2.60. The standard InChI is InChI=1S/C17H28F2N4O/c1-12-7-8-14(24-15(18)19)13(9-12)10-21-16(20-4)22-11-17(2,3)23(5)6/h7-9,15H,10-11H2,1-6H3,(H2,20,21,22). The second-order valence-corrected chi connectivity index (χ2v) is 6.48. The van der Waals surface area contributed by atoms with Crippen molar-refractivity contribution >= 4 is 5.96 Å². The van der Waals surface area contributed by atoms with E-state index in [1.807, 2.05) is 27.1 Å². The first-order valence-electron chi connectivity index (χ1n) is 7.82. The van der Waals surface area contributed by atoms with Crippen molar-refractivity contribution in [2.45, 2.75) is 39.5 Å². The van der Waals surface area contributed by atoms with E-state index >= 15 is 0 Å². The van der Waals surface area contributed by atoms with Crippen molar-refractivity contribution in [3.8, 4) is 5.75 Å². The second-order valence-electron chi connectivity index (χ2n) is 6.48. The zero-order valence-corrected chi connectivity index (χ0v) is 15.3. The van der Waals surface area contributed by atoms with Gasteiger partial charge < -0.3 is 20.3 Å². The zero-order valence-electron chi connectivity index (χ0n) is 15.3. The van der Waals surface area contributed by atoms with Crippen LogP contribution in [0.1, 0.15) is 25.0 Å². The number of guanidine groups is 1. The molecule has 0 saturated heterocycles. The Labute approximate surface area is 143 Å². The van der Waals surface area contributed by atoms with E-state index in [0.29, 0.717) is 24.6 Å². The van der Waals surface area contributed by atoms with Gasteiger partial charge in [-0.15, -0.1) is 0 Å². The number of rotatable bonds is 7. The molecule has 24 heavy (non-hydrogen) atoms. The molecule has 0 atom stereocenters. The number of nitrogens with zero attached hydrogens (tertiary/aromatic N) is 2. The molecule has 0 unspecified atom stereocenters. The summed E-state index contributed by atoms with van der Waals surface area (Å²) < 4.78 is 29.6. The average molecular weight is 342 g/mol. The first kappa shape index (κ1) is 20.2. The molecule has 0 saturated carbocycles. The smallest absolute Gasteiger partial charge is 0.387 e. The van der Waals surface area contributed by atoms with E-state index in [4.69, 9.17) is 0 Å². The summed E-state index contributed by atoms with van der Waals surface area (Å²) in [5.41, 5.74) is 1.58. The number of aryl methyl sites for hydroxylation is 1. The Hall–Kier alpha value is -1.89. The summed E-state index contributed by atoms with van der Waals surface area (Å²) in [7, 11) is 5.70. The molecule has 1 aromatic rings. The largest absolute Gasteiger partial charge is 0.434 e. The van der Waals surface area contributed by atoms with Crippen LogP contribution in [0.2, 0.25) is 0 Å². The summed E-state index contributed by atoms with van der Waals surface area (Å²) in [5, 5.41) is 6.38. The minimum atomic E-state index is -2.84. The third-order valence-electron chi connectivity index (χ3n) is 4.00. The Morgan fingerprint density at radius 2 is 1.96 bits per heavy atom. The van der Waals surface area contributed by atoms with Crippen LogP contribution in [0.5, 0.6) is 5.75 Å². The van der Waals surface area contributed by atoms with Crippen LogP contribution in [0.15, 0.2) is 23.2 Å². The maximum absolute atomic E-state index is 12.5. The van der Waals surface area contributed by atoms with Crippen molar-refractivity contribution < 1.29 is 13.5 Å². The van der Waals surface area contributed by atoms with E-state index < -0.39 is 6.61 Å². The Morgan fingerprint density at radius 3 is 2.50 bits per heavy atom. The number of alkyl halides is 2. The average Bonchev–Trinajstić information content (AvgIpc) is 2.49. The summed E-state index contributed by atoms with van der Waals surface area (Å²) in [4.78, 5) is 6.28. The fourth-order valence-electron chi connectivity index (χ4n) is 1.92. The van der Waals surface area contributed by atoms with E-state index in [1.165, 1.54) is 0 Å². The van der Waals surface area contributed by atoms with Crippen LogP contribution in [0.3, 0.4) is 0 Å². The lowest BCUT2D eigenvalue weighted by molar-refractivity contribution is -0.0504. The van der Waals surface area contributed by atoms with Gasteiger partial charge in [-0.25, -0.2) is 0 Å². The van der Waals surface area contributed by atoms with E-state index in [2.05, 4.69) is 39.1 Å². The molecule has 0 fully saturated rings. The van der Waals surface area contributed by atoms with Gasteiger partial charge in [0.2, 0.25) is 0 Å². The minimum Gasteiger partial charge on any atom is -0.434 e. The molecule has 5 nitrogen and oxygen atoms in total. The highest BCUT2D eigenvalue weighted by atomic mass is 19.3. The number of aliphatic imine (C=N–C) groups is 1. The molecule has 0 aromatic heterocycles. The van der Waals surface area contributed by atoms with Crippen LogP contribution in [-0.2, 0) is 6.54 Å². The topological polar surface area (TPSA) is 48.9 Å². The second kappa shape index (κ2) is 8.82. The van der Waals surface area contributed by atoms with Crippen LogP contribution >= 0.6 is 0 Å². The fourth-order valence-corrected chi connectivity index (χ4v) is 1.92. The highest BCUT2D eigenvalue weighted by Gasteiger charge is 2.20. The van der Waals surface area contributed by atoms with Crippen molar-refractivity contribution in [3.63, 3.8) is 0 Å². The van der Waals surface area contributed by atoms with Gasteiger partial charge in [0.1, 0.15) is 5.75 Å². The molecular weight excluding hydrogens is 314 g/mol. The number of ether oxygens (including phenoxy) is 1. The molecular formula is C17H28F2N4O. The Kier molecular flexibility index (Phi) is 7.41. The summed E-state index contributed by atoms with van der Waals surface area (Å²) in [5.74, 6) is 0.779. The van der Waals surface area contributed by atoms with Crippen molar-refractivity contribution in [3.05, 3.63) is 29.3 Å². The van der Waals surface area contributed by atoms with Crippen molar-refractivity contribution in [2.24, 2.45) is 4.99 Å². The van der Waals surface area contributed by atoms with Crippen LogP contribution < -0.4 is 15.4 Å². The third kappa shape index (κ3) is 6.31. The number of hydrogen-bond acceptors (Lipinski definition) is 3. The number of hydrogen-bond donors (Lipinski definition) is 2. The molecule has 1 aromatic carbocycles. The molecule has 0 radical (unpaired) electrons. The summed E-state index contributed by atoms with van der Waals surface area (Å²) in [6, 6.07) is 5.12. The molecule has 0 aliphatic heterocycles. The lowest BCUT2D eigenvalue weighted by Crippen LogP contribution is -2.50. The first-order valence-corrected chi connectivity index (χ1v) is 7.82. The highest BCUT2D eigenvalue weighted by Crippen LogP contribution is 2.22. The van der Waals surface area contributed by atoms with Crippen LogP contribution in [0.4, 0.5) is 8.78 Å². The van der Waals surface area contributed by atoms with E-state index in [-0.39, 0.29) is 11.3 Å². The third-order valence-corrected chi connectivity index (χ3v) is 4.00. The van der Waals surface area contributed by atoms with Crippen molar-refractivity contribution in [1.82, 2.24) is 15.5 Å². The normalized spacial score (nSPS) is 12.7. The van der Waals surface area contributed by atoms with Gasteiger partial charge in [0.05, 0.1) is 0 Å². The Morgan fingerprint density at radius 1 is 1.29 bits per heavy atom. The SMILES string of the molecule is CN=C(NCc1cc(C)ccc1OC(F)F)NCC(C)(C)N(C)C. The fraction of sp³-hybridized carbons (Fsp3) is 0.588. The van der Waals surface area contributed by atoms with Gasteiger partial charge in [0.15, 0.2) is 5.96 Å². The van der Waals surface area contributed by atoms with Gasteiger partial charge >= 0.3 is 6.61 Å². The first-order chi connectivity index (χ1) is 11.2. The number of nitrogens with one attached hydrogen (secondary N) is 2. The van der Waals surface area contributed by atoms with Crippen molar-refractivity contribution in [1.29, 1.82) is 0 Å². The monoisotopic (exact) mass is 342 g/mol. The molecule has 136 valence electrons. The molecule has 7 heteroatoms. The number of likely N-dealkylation sites (N-methyl/N-ethyl adjacent to an activating group) is 1. The molecule has 0 aliphatic rings. The van der Waals surface area contributed by atoms with Gasteiger partial charge in [-0.2, -0.15) is 8.78 Å². The highest BCUT2D eigenvalue weighted by molar-refractivity contribution is 5.79. The van der Waals surface area contributed by atoms with Gasteiger partial charge in [-0.1, -0.05) is 17.7 Å². The molecule has 0 spiro atoms. The molecule has 1 rings (SSSR count). The molecule has 2 N–H and O–H groups in total.